The van der Waals surface area contributed by atoms with Crippen molar-refractivity contribution in [1.29, 1.82) is 0 Å². The number of rotatable bonds is 2. The van der Waals surface area contributed by atoms with Gasteiger partial charge in [0.15, 0.2) is 23.3 Å². The fourth-order valence-corrected chi connectivity index (χ4v) is 1.38. The molecule has 0 aliphatic rings. The second-order valence-electron chi connectivity index (χ2n) is 5.32. The van der Waals surface area contributed by atoms with Crippen LogP contribution in [0.4, 0.5) is 22.4 Å². The van der Waals surface area contributed by atoms with Crippen LogP contribution < -0.4 is 5.32 Å². The van der Waals surface area contributed by atoms with Crippen molar-refractivity contribution in [3.8, 4) is 11.8 Å². The molecule has 120 valence electrons. The Balaban J connectivity index is 2.61. The lowest BCUT2D eigenvalue weighted by Crippen LogP contribution is -2.32. The normalized spacial score (nSPS) is 10.7. The van der Waals surface area contributed by atoms with Crippen LogP contribution in [0, 0.1) is 35.1 Å². The van der Waals surface area contributed by atoms with Gasteiger partial charge in [0.1, 0.15) is 11.2 Å². The smallest absolute Gasteiger partial charge is 0.407 e. The average molecular weight is 317 g/mol. The fraction of sp³-hybridized carbons (Fsp3) is 0.400. The Morgan fingerprint density at radius 2 is 1.73 bits per heavy atom. The van der Waals surface area contributed by atoms with Crippen molar-refractivity contribution >= 4 is 6.09 Å². The zero-order valence-corrected chi connectivity index (χ0v) is 12.3. The molecule has 22 heavy (non-hydrogen) atoms. The molecule has 0 saturated carbocycles. The van der Waals surface area contributed by atoms with Crippen LogP contribution >= 0.6 is 0 Å². The second kappa shape index (κ2) is 7.16. The van der Waals surface area contributed by atoms with Crippen LogP contribution in [-0.2, 0) is 4.74 Å². The van der Waals surface area contributed by atoms with E-state index < -0.39 is 40.5 Å². The van der Waals surface area contributed by atoms with Gasteiger partial charge in [-0.2, -0.15) is 0 Å². The van der Waals surface area contributed by atoms with Gasteiger partial charge in [0, 0.05) is 19.0 Å². The summed E-state index contributed by atoms with van der Waals surface area (Å²) in [6, 6.07) is 0.111. The highest BCUT2D eigenvalue weighted by atomic mass is 19.2. The van der Waals surface area contributed by atoms with Gasteiger partial charge in [0.2, 0.25) is 0 Å². The number of alkyl carbamates (subject to hydrolysis) is 1. The molecule has 0 heterocycles. The van der Waals surface area contributed by atoms with E-state index in [-0.39, 0.29) is 19.0 Å². The lowest BCUT2D eigenvalue weighted by Gasteiger charge is -2.19. The number of ether oxygens (including phenoxy) is 1. The summed E-state index contributed by atoms with van der Waals surface area (Å²) >= 11 is 0. The summed E-state index contributed by atoms with van der Waals surface area (Å²) in [4.78, 5) is 11.3. The number of hydrogen-bond acceptors (Lipinski definition) is 2. The first-order chi connectivity index (χ1) is 10.1. The van der Waals surface area contributed by atoms with Gasteiger partial charge in [-0.25, -0.2) is 22.4 Å². The van der Waals surface area contributed by atoms with E-state index >= 15 is 0 Å². The van der Waals surface area contributed by atoms with Gasteiger partial charge in [-0.3, -0.25) is 0 Å². The fourth-order valence-electron chi connectivity index (χ4n) is 1.38. The number of benzene rings is 1. The van der Waals surface area contributed by atoms with Crippen LogP contribution in [0.25, 0.3) is 0 Å². The minimum absolute atomic E-state index is 0.0241. The Bertz CT molecular complexity index is 601. The molecule has 0 aliphatic carbocycles. The summed E-state index contributed by atoms with van der Waals surface area (Å²) in [5, 5.41) is 2.38. The van der Waals surface area contributed by atoms with E-state index in [9.17, 15) is 22.4 Å². The number of nitrogens with one attached hydrogen (secondary N) is 1. The number of carbonyl (C=O) groups is 1. The van der Waals surface area contributed by atoms with Gasteiger partial charge in [-0.15, -0.1) is 0 Å². The SMILES string of the molecule is CC(C)(C)OC(=O)NCCC#Cc1c(F)c(F)cc(F)c1F. The van der Waals surface area contributed by atoms with Crippen molar-refractivity contribution < 1.29 is 27.1 Å². The summed E-state index contributed by atoms with van der Waals surface area (Å²) in [5.41, 5.74) is -1.63. The number of carbonyl (C=O) groups excluding carboxylic acids is 1. The molecule has 0 unspecified atom stereocenters. The second-order valence-corrected chi connectivity index (χ2v) is 5.32. The predicted octanol–water partition coefficient (Wildman–Crippen LogP) is 3.51. The van der Waals surface area contributed by atoms with E-state index in [4.69, 9.17) is 4.74 Å². The van der Waals surface area contributed by atoms with Gasteiger partial charge >= 0.3 is 6.09 Å². The summed E-state index contributed by atoms with van der Waals surface area (Å²) in [6.07, 6.45) is -0.639. The minimum Gasteiger partial charge on any atom is -0.444 e. The Morgan fingerprint density at radius 1 is 1.18 bits per heavy atom. The number of amides is 1. The van der Waals surface area contributed by atoms with Crippen LogP contribution in [0.3, 0.4) is 0 Å². The van der Waals surface area contributed by atoms with Crippen LogP contribution in [-0.4, -0.2) is 18.2 Å². The molecule has 0 radical (unpaired) electrons. The molecule has 0 saturated heterocycles. The summed E-state index contributed by atoms with van der Waals surface area (Å²) < 4.78 is 57.4. The molecule has 3 nitrogen and oxygen atoms in total. The lowest BCUT2D eigenvalue weighted by molar-refractivity contribution is 0.0529. The molecule has 1 aromatic rings. The number of hydrogen-bond donors (Lipinski definition) is 1. The standard InChI is InChI=1S/C15H15F4NO2/c1-15(2,3)22-14(21)20-7-5-4-6-9-12(18)10(16)8-11(17)13(9)19/h8H,5,7H2,1-3H3,(H,20,21). The molecular formula is C15H15F4NO2. The topological polar surface area (TPSA) is 38.3 Å². The van der Waals surface area contributed by atoms with Gasteiger partial charge in [-0.05, 0) is 20.8 Å². The van der Waals surface area contributed by atoms with Gasteiger partial charge < -0.3 is 10.1 Å². The van der Waals surface area contributed by atoms with E-state index in [0.717, 1.165) is 0 Å². The van der Waals surface area contributed by atoms with Crippen molar-refractivity contribution in [1.82, 2.24) is 5.32 Å². The van der Waals surface area contributed by atoms with Crippen LogP contribution in [0.15, 0.2) is 6.07 Å². The van der Waals surface area contributed by atoms with Gasteiger partial charge in [0.05, 0.1) is 0 Å². The quantitative estimate of drug-likeness (QED) is 0.392. The third-order valence-electron chi connectivity index (χ3n) is 2.24. The molecule has 0 spiro atoms. The highest BCUT2D eigenvalue weighted by Crippen LogP contribution is 2.18. The molecule has 0 atom stereocenters. The van der Waals surface area contributed by atoms with E-state index in [2.05, 4.69) is 11.2 Å². The molecule has 0 fully saturated rings. The highest BCUT2D eigenvalue weighted by Gasteiger charge is 2.17. The molecular weight excluding hydrogens is 302 g/mol. The third kappa shape index (κ3) is 5.28. The molecule has 1 rings (SSSR count). The first-order valence-corrected chi connectivity index (χ1v) is 6.40. The lowest BCUT2D eigenvalue weighted by atomic mass is 10.2. The molecule has 1 aromatic carbocycles. The number of halogens is 4. The van der Waals surface area contributed by atoms with Crippen molar-refractivity contribution in [3.63, 3.8) is 0 Å². The maximum Gasteiger partial charge on any atom is 0.407 e. The van der Waals surface area contributed by atoms with Crippen molar-refractivity contribution in [2.75, 3.05) is 6.54 Å². The van der Waals surface area contributed by atoms with Gasteiger partial charge in [0.25, 0.3) is 0 Å². The first kappa shape index (κ1) is 17.8. The molecule has 1 N–H and O–H groups in total. The van der Waals surface area contributed by atoms with Crippen LogP contribution in [0.5, 0.6) is 0 Å². The van der Waals surface area contributed by atoms with Crippen LogP contribution in [0.1, 0.15) is 32.8 Å². The van der Waals surface area contributed by atoms with Gasteiger partial charge in [-0.1, -0.05) is 11.8 Å². The third-order valence-corrected chi connectivity index (χ3v) is 2.24. The van der Waals surface area contributed by atoms with E-state index in [1.165, 1.54) is 0 Å². The monoisotopic (exact) mass is 317 g/mol. The molecule has 7 heteroatoms. The summed E-state index contributed by atoms with van der Waals surface area (Å²) in [6.45, 7) is 5.13. The molecule has 0 aromatic heterocycles. The van der Waals surface area contributed by atoms with Crippen LogP contribution in [0.2, 0.25) is 0 Å². The Morgan fingerprint density at radius 3 is 2.23 bits per heavy atom. The molecule has 0 bridgehead atoms. The van der Waals surface area contributed by atoms with E-state index in [1.54, 1.807) is 20.8 Å². The zero-order valence-electron chi connectivity index (χ0n) is 12.3. The Kier molecular flexibility index (Phi) is 5.80. The Hall–Kier alpha value is -2.23. The van der Waals surface area contributed by atoms with Crippen molar-refractivity contribution in [3.05, 3.63) is 34.9 Å². The largest absolute Gasteiger partial charge is 0.444 e. The first-order valence-electron chi connectivity index (χ1n) is 6.40. The van der Waals surface area contributed by atoms with E-state index in [0.29, 0.717) is 0 Å². The molecule has 0 aliphatic heterocycles. The summed E-state index contributed by atoms with van der Waals surface area (Å²) in [7, 11) is 0. The maximum atomic E-state index is 13.3. The maximum absolute atomic E-state index is 13.3. The summed E-state index contributed by atoms with van der Waals surface area (Å²) in [5.74, 6) is -1.80. The Labute approximate surface area is 125 Å². The average Bonchev–Trinajstić information content (AvgIpc) is 2.37. The molecule has 1 amide bonds. The zero-order chi connectivity index (χ0) is 16.9. The predicted molar refractivity (Wildman–Crippen MR) is 72.0 cm³/mol. The highest BCUT2D eigenvalue weighted by molar-refractivity contribution is 5.67. The minimum atomic E-state index is -1.55. The van der Waals surface area contributed by atoms with Crippen molar-refractivity contribution in [2.45, 2.75) is 32.8 Å². The van der Waals surface area contributed by atoms with Crippen molar-refractivity contribution in [2.24, 2.45) is 0 Å². The van der Waals surface area contributed by atoms with E-state index in [1.807, 2.05) is 5.92 Å².